The van der Waals surface area contributed by atoms with Crippen molar-refractivity contribution >= 4 is 51.3 Å². The zero-order valence-electron chi connectivity index (χ0n) is 44.7. The van der Waals surface area contributed by atoms with Crippen LogP contribution in [-0.4, -0.2) is 102 Å². The molecule has 0 aromatic heterocycles. The van der Waals surface area contributed by atoms with Crippen molar-refractivity contribution in [3.05, 3.63) is 34.5 Å². The van der Waals surface area contributed by atoms with E-state index in [2.05, 4.69) is 148 Å². The van der Waals surface area contributed by atoms with E-state index in [0.717, 1.165) is 75.2 Å². The van der Waals surface area contributed by atoms with Gasteiger partial charge in [-0.15, -0.1) is 0 Å². The first kappa shape index (κ1) is 57.3. The number of fused-ring (bicyclic) bond motifs is 1. The van der Waals surface area contributed by atoms with Gasteiger partial charge in [-0.3, -0.25) is 4.79 Å². The Morgan fingerprint density at radius 1 is 0.821 bits per heavy atom. The molecular formula is C55H95IO9Si2. The lowest BCUT2D eigenvalue weighted by atomic mass is 9.78. The Balaban J connectivity index is 1.33. The van der Waals surface area contributed by atoms with E-state index in [1.165, 1.54) is 0 Å². The molecule has 5 saturated heterocycles. The smallest absolute Gasteiger partial charge is 0.192 e. The van der Waals surface area contributed by atoms with Crippen LogP contribution in [-0.2, 0) is 42.1 Å². The van der Waals surface area contributed by atoms with Crippen molar-refractivity contribution in [1.82, 2.24) is 0 Å². The molecule has 0 aliphatic carbocycles. The number of hydrogen-bond acceptors (Lipinski definition) is 9. The quantitative estimate of drug-likeness (QED) is 0.0482. The molecule has 3 unspecified atom stereocenters. The molecule has 0 saturated carbocycles. The molecule has 0 spiro atoms. The molecule has 5 rings (SSSR count). The molecule has 12 heteroatoms. The highest BCUT2D eigenvalue weighted by molar-refractivity contribution is 14.1. The molecule has 0 aromatic rings. The van der Waals surface area contributed by atoms with E-state index in [9.17, 15) is 9.59 Å². The maximum Gasteiger partial charge on any atom is 0.192 e. The van der Waals surface area contributed by atoms with E-state index < -0.39 is 16.6 Å². The topological polar surface area (TPSA) is 98.8 Å². The molecule has 67 heavy (non-hydrogen) atoms. The first-order chi connectivity index (χ1) is 31.2. The van der Waals surface area contributed by atoms with Gasteiger partial charge in [0.1, 0.15) is 24.3 Å². The van der Waals surface area contributed by atoms with Gasteiger partial charge in [-0.1, -0.05) is 124 Å². The van der Waals surface area contributed by atoms with Gasteiger partial charge < -0.3 is 37.3 Å². The fourth-order valence-electron chi connectivity index (χ4n) is 10.8. The van der Waals surface area contributed by atoms with E-state index in [1.54, 1.807) is 0 Å². The molecule has 17 atom stereocenters. The van der Waals surface area contributed by atoms with Crippen molar-refractivity contribution in [2.24, 2.45) is 29.6 Å². The van der Waals surface area contributed by atoms with Crippen LogP contribution >= 0.6 is 22.6 Å². The lowest BCUT2D eigenvalue weighted by molar-refractivity contribution is -0.262. The van der Waals surface area contributed by atoms with Crippen LogP contribution in [0.5, 0.6) is 0 Å². The molecule has 5 aliphatic rings. The summed E-state index contributed by atoms with van der Waals surface area (Å²) < 4.78 is 51.6. The summed E-state index contributed by atoms with van der Waals surface area (Å²) in [5.74, 6) is 1.52. The van der Waals surface area contributed by atoms with E-state index >= 15 is 0 Å². The summed E-state index contributed by atoms with van der Waals surface area (Å²) in [5, 5.41) is -0.0245. The number of hydrogen-bond donors (Lipinski definition) is 0. The second kappa shape index (κ2) is 24.0. The minimum absolute atomic E-state index is 0.00641. The Morgan fingerprint density at radius 3 is 2.07 bits per heavy atom. The monoisotopic (exact) mass is 1080 g/mol. The predicted molar refractivity (Wildman–Crippen MR) is 286 cm³/mol. The fourth-order valence-corrected chi connectivity index (χ4v) is 14.1. The third-order valence-electron chi connectivity index (χ3n) is 17.6. The number of carbonyl (C=O) groups excluding carboxylic acids is 2. The first-order valence-corrected chi connectivity index (χ1v) is 33.5. The molecule has 5 aliphatic heterocycles. The van der Waals surface area contributed by atoms with E-state index in [0.29, 0.717) is 37.5 Å². The van der Waals surface area contributed by atoms with Gasteiger partial charge in [0.05, 0.1) is 61.0 Å². The Kier molecular flexibility index (Phi) is 20.5. The van der Waals surface area contributed by atoms with Crippen LogP contribution in [0.2, 0.25) is 36.3 Å². The van der Waals surface area contributed by atoms with Gasteiger partial charge in [0.15, 0.2) is 16.6 Å². The lowest BCUT2D eigenvalue weighted by Crippen LogP contribution is -2.67. The van der Waals surface area contributed by atoms with Crippen molar-refractivity contribution in [2.75, 3.05) is 0 Å². The molecule has 0 amide bonds. The Labute approximate surface area is 424 Å². The SMILES string of the molecule is C=C1C[C@H](CCC=O)OC1CC[C@H]1C[C@@H](C)C(=C)C(C[C@@H]2O[C@H](C[C@H](C)CC)[C@H](C)C2CC(=O)C[C@H]2CC[C@@H]3O[C@@H]([C@@H](C)/C=C/I)[C@@H](O[Si](C)(C)C(C)(C)C)[C@@H](O[Si](C)(C)C(C)(C)C)[C@H]3O2)O1. The number of rotatable bonds is 21. The highest BCUT2D eigenvalue weighted by Gasteiger charge is 2.56. The van der Waals surface area contributed by atoms with Gasteiger partial charge in [0.2, 0.25) is 0 Å². The normalized spacial score (nSPS) is 36.6. The zero-order chi connectivity index (χ0) is 49.8. The van der Waals surface area contributed by atoms with Gasteiger partial charge >= 0.3 is 0 Å². The average Bonchev–Trinajstić information content (AvgIpc) is 3.73. The second-order valence-electron chi connectivity index (χ2n) is 24.9. The van der Waals surface area contributed by atoms with Crippen LogP contribution in [0, 0.1) is 29.6 Å². The summed E-state index contributed by atoms with van der Waals surface area (Å²) in [5.41, 5.74) is 2.26. The van der Waals surface area contributed by atoms with Crippen LogP contribution in [0.3, 0.4) is 0 Å². The minimum atomic E-state index is -2.32. The molecule has 0 aromatic carbocycles. The molecule has 9 nitrogen and oxygen atoms in total. The van der Waals surface area contributed by atoms with Gasteiger partial charge in [-0.25, -0.2) is 0 Å². The van der Waals surface area contributed by atoms with Gasteiger partial charge in [0, 0.05) is 31.6 Å². The van der Waals surface area contributed by atoms with E-state index in [-0.39, 0.29) is 107 Å². The van der Waals surface area contributed by atoms with Gasteiger partial charge in [-0.05, 0) is 127 Å². The van der Waals surface area contributed by atoms with E-state index in [4.69, 9.17) is 32.5 Å². The number of halogens is 1. The molecule has 5 fully saturated rings. The standard InChI is InChI=1S/C55H95IO9Si2/c1-18-34(2)28-47-39(7)44(49(62-47)33-48-38(6)36(4)29-42(60-48)21-23-45-37(5)30-41(59-45)20-19-27-57)32-40(58)31-43-22-24-46-51(61-43)53(65-67(16,17)55(11,12)13)52(50(63-46)35(3)25-26-56)64-66(14,15)54(8,9)10/h25-27,34-36,39,41-53H,5-6,18-24,28-33H2,1-4,7-17H3/b26-25+/t34-,35+,36-,39-,41+,42+,43-,44?,45?,46+,47-,48?,49+,50+,51+,52-,53+/m1/s1. The fraction of sp³-hybridized carbons (Fsp3) is 0.855. The minimum Gasteiger partial charge on any atom is -0.409 e. The predicted octanol–water partition coefficient (Wildman–Crippen LogP) is 13.7. The highest BCUT2D eigenvalue weighted by atomic mass is 127. The van der Waals surface area contributed by atoms with Crippen molar-refractivity contribution in [2.45, 2.75) is 269 Å². The Bertz CT molecular complexity index is 1690. The second-order valence-corrected chi connectivity index (χ2v) is 35.1. The number of ether oxygens (including phenoxy) is 5. The third kappa shape index (κ3) is 14.6. The van der Waals surface area contributed by atoms with Gasteiger partial charge in [0.25, 0.3) is 0 Å². The van der Waals surface area contributed by atoms with Crippen LogP contribution in [0.4, 0.5) is 0 Å². The summed E-state index contributed by atoms with van der Waals surface area (Å²) in [6.45, 7) is 43.3. The molecule has 384 valence electrons. The van der Waals surface area contributed by atoms with Crippen molar-refractivity contribution in [3.8, 4) is 0 Å². The van der Waals surface area contributed by atoms with E-state index in [1.807, 2.05) is 0 Å². The van der Waals surface area contributed by atoms with Crippen LogP contribution in [0.15, 0.2) is 34.5 Å². The summed E-state index contributed by atoms with van der Waals surface area (Å²) >= 11 is 2.31. The van der Waals surface area contributed by atoms with Crippen LogP contribution < -0.4 is 0 Å². The first-order valence-electron chi connectivity index (χ1n) is 26.4. The van der Waals surface area contributed by atoms with Crippen LogP contribution in [0.1, 0.15) is 160 Å². The van der Waals surface area contributed by atoms with Gasteiger partial charge in [-0.2, -0.15) is 0 Å². The summed E-state index contributed by atoms with van der Waals surface area (Å²) in [7, 11) is -4.61. The maximum atomic E-state index is 14.6. The molecule has 0 bridgehead atoms. The molecule has 0 N–H and O–H groups in total. The molecule has 5 heterocycles. The summed E-state index contributed by atoms with van der Waals surface area (Å²) in [6, 6.07) is 0. The molecular weight excluding hydrogens is 988 g/mol. The zero-order valence-corrected chi connectivity index (χ0v) is 48.9. The lowest BCUT2D eigenvalue weighted by Gasteiger charge is -2.55. The Morgan fingerprint density at radius 2 is 1.46 bits per heavy atom. The van der Waals surface area contributed by atoms with Crippen molar-refractivity contribution in [1.29, 1.82) is 0 Å². The maximum absolute atomic E-state index is 14.6. The number of ketones is 1. The largest absolute Gasteiger partial charge is 0.409 e. The average molecular weight is 1080 g/mol. The van der Waals surface area contributed by atoms with Crippen molar-refractivity contribution in [3.63, 3.8) is 0 Å². The van der Waals surface area contributed by atoms with Crippen LogP contribution in [0.25, 0.3) is 0 Å². The summed E-state index contributed by atoms with van der Waals surface area (Å²) in [6.07, 6.45) is 11.7. The third-order valence-corrected chi connectivity index (χ3v) is 27.0. The number of carbonyl (C=O) groups is 2. The highest BCUT2D eigenvalue weighted by Crippen LogP contribution is 2.48. The van der Waals surface area contributed by atoms with Crippen molar-refractivity contribution < 1.29 is 42.1 Å². The molecule has 0 radical (unpaired) electrons. The number of Topliss-reactive ketones (excluding diaryl/α,β-unsaturated/α-hetero) is 1. The number of aldehydes is 1. The summed E-state index contributed by atoms with van der Waals surface area (Å²) in [4.78, 5) is 25.6. The Hall–Kier alpha value is -0.556.